The molecule has 0 unspecified atom stereocenters. The molecule has 1 aromatic heterocycles. The third-order valence-electron chi connectivity index (χ3n) is 4.09. The number of benzene rings is 2. The van der Waals surface area contributed by atoms with Crippen LogP contribution in [0.4, 0.5) is 10.1 Å². The highest BCUT2D eigenvalue weighted by atomic mass is 32.1. The van der Waals surface area contributed by atoms with Crippen LogP contribution in [0.3, 0.4) is 0 Å². The van der Waals surface area contributed by atoms with E-state index in [4.69, 9.17) is 17.0 Å². The SMILES string of the molecule is COc1ccc(NC(=S)/C(=C(\[O-])c2ccc(F)cc2)[n+]2cccc(C)c2)cc1. The third-order valence-corrected chi connectivity index (χ3v) is 4.39. The summed E-state index contributed by atoms with van der Waals surface area (Å²) in [4.78, 5) is 0.259. The molecule has 0 amide bonds. The molecule has 0 aliphatic rings. The zero-order valence-corrected chi connectivity index (χ0v) is 16.3. The first-order valence-corrected chi connectivity index (χ1v) is 8.99. The molecule has 28 heavy (non-hydrogen) atoms. The Morgan fingerprint density at radius 2 is 1.75 bits per heavy atom. The predicted molar refractivity (Wildman–Crippen MR) is 110 cm³/mol. The second kappa shape index (κ2) is 8.63. The van der Waals surface area contributed by atoms with E-state index in [1.165, 1.54) is 24.3 Å². The van der Waals surface area contributed by atoms with Gasteiger partial charge in [0, 0.05) is 17.3 Å². The normalized spacial score (nSPS) is 11.5. The van der Waals surface area contributed by atoms with Crippen molar-refractivity contribution in [2.75, 3.05) is 12.4 Å². The minimum Gasteiger partial charge on any atom is -0.867 e. The van der Waals surface area contributed by atoms with Crippen molar-refractivity contribution in [3.8, 4) is 5.75 Å². The molecular formula is C22H19FN2O2S. The van der Waals surface area contributed by atoms with Crippen LogP contribution in [0.25, 0.3) is 11.5 Å². The average molecular weight is 394 g/mol. The van der Waals surface area contributed by atoms with Crippen molar-refractivity contribution in [3.63, 3.8) is 0 Å². The molecule has 0 saturated heterocycles. The van der Waals surface area contributed by atoms with Crippen LogP contribution >= 0.6 is 12.2 Å². The van der Waals surface area contributed by atoms with Crippen molar-refractivity contribution in [2.24, 2.45) is 0 Å². The van der Waals surface area contributed by atoms with E-state index in [0.29, 0.717) is 5.56 Å². The third kappa shape index (κ3) is 4.53. The van der Waals surface area contributed by atoms with E-state index in [9.17, 15) is 9.50 Å². The van der Waals surface area contributed by atoms with Gasteiger partial charge in [-0.1, -0.05) is 24.4 Å². The van der Waals surface area contributed by atoms with E-state index in [1.807, 2.05) is 37.4 Å². The highest BCUT2D eigenvalue weighted by Gasteiger charge is 2.19. The molecule has 0 saturated carbocycles. The van der Waals surface area contributed by atoms with Crippen LogP contribution in [-0.2, 0) is 0 Å². The second-order valence-electron chi connectivity index (χ2n) is 6.16. The quantitative estimate of drug-likeness (QED) is 0.311. The van der Waals surface area contributed by atoms with Gasteiger partial charge in [-0.05, 0) is 60.7 Å². The second-order valence-corrected chi connectivity index (χ2v) is 6.56. The Labute approximate surface area is 168 Å². The van der Waals surface area contributed by atoms with Gasteiger partial charge >= 0.3 is 0 Å². The summed E-state index contributed by atoms with van der Waals surface area (Å²) in [6.45, 7) is 1.93. The summed E-state index contributed by atoms with van der Waals surface area (Å²) in [6, 6.07) is 16.4. The molecule has 4 nitrogen and oxygen atoms in total. The van der Waals surface area contributed by atoms with Crippen molar-refractivity contribution in [3.05, 3.63) is 90.0 Å². The molecule has 142 valence electrons. The van der Waals surface area contributed by atoms with Gasteiger partial charge in [0.1, 0.15) is 11.6 Å². The molecule has 0 aliphatic carbocycles. The molecule has 3 aromatic rings. The fourth-order valence-corrected chi connectivity index (χ4v) is 2.99. The number of hydrogen-bond donors (Lipinski definition) is 1. The highest BCUT2D eigenvalue weighted by molar-refractivity contribution is 7.81. The van der Waals surface area contributed by atoms with E-state index in [-0.39, 0.29) is 16.4 Å². The molecule has 1 heterocycles. The number of nitrogens with zero attached hydrogens (tertiary/aromatic N) is 1. The van der Waals surface area contributed by atoms with Gasteiger partial charge in [0.15, 0.2) is 17.4 Å². The van der Waals surface area contributed by atoms with Crippen molar-refractivity contribution < 1.29 is 18.8 Å². The van der Waals surface area contributed by atoms with Crippen LogP contribution < -0.4 is 19.7 Å². The molecular weight excluding hydrogens is 375 g/mol. The standard InChI is InChI=1S/C22H19FN2O2S/c1-15-4-3-13-25(14-15)20(21(26)16-5-7-17(23)8-6-16)22(28)24-18-9-11-19(27-2)12-10-18/h3-14H,1-2H3,(H-,24,26,28). The Kier molecular flexibility index (Phi) is 6.01. The van der Waals surface area contributed by atoms with Gasteiger partial charge in [-0.25, -0.2) is 4.39 Å². The lowest BCUT2D eigenvalue weighted by atomic mass is 10.1. The highest BCUT2D eigenvalue weighted by Crippen LogP contribution is 2.19. The van der Waals surface area contributed by atoms with Gasteiger partial charge in [0.2, 0.25) is 5.70 Å². The fraction of sp³-hybridized carbons (Fsp3) is 0.0909. The lowest BCUT2D eigenvalue weighted by Gasteiger charge is -2.17. The zero-order chi connectivity index (χ0) is 20.1. The van der Waals surface area contributed by atoms with Gasteiger partial charge in [0.25, 0.3) is 0 Å². The van der Waals surface area contributed by atoms with E-state index in [2.05, 4.69) is 5.32 Å². The van der Waals surface area contributed by atoms with Gasteiger partial charge in [0.05, 0.1) is 7.11 Å². The summed E-state index contributed by atoms with van der Waals surface area (Å²) in [5, 5.41) is 16.3. The predicted octanol–water partition coefficient (Wildman–Crippen LogP) is 3.56. The topological polar surface area (TPSA) is 48.2 Å². The molecule has 6 heteroatoms. The summed E-state index contributed by atoms with van der Waals surface area (Å²) in [6.07, 6.45) is 3.57. The minimum atomic E-state index is -0.403. The first-order valence-electron chi connectivity index (χ1n) is 8.59. The van der Waals surface area contributed by atoms with E-state index in [0.717, 1.165) is 17.0 Å². The van der Waals surface area contributed by atoms with Crippen molar-refractivity contribution in [1.82, 2.24) is 0 Å². The zero-order valence-electron chi connectivity index (χ0n) is 15.5. The summed E-state index contributed by atoms with van der Waals surface area (Å²) < 4.78 is 20.1. The molecule has 0 atom stereocenters. The molecule has 3 rings (SSSR count). The van der Waals surface area contributed by atoms with Gasteiger partial charge < -0.3 is 15.2 Å². The first-order chi connectivity index (χ1) is 13.5. The van der Waals surface area contributed by atoms with Crippen LogP contribution in [0.2, 0.25) is 0 Å². The van der Waals surface area contributed by atoms with Crippen LogP contribution in [0, 0.1) is 12.7 Å². The largest absolute Gasteiger partial charge is 0.867 e. The lowest BCUT2D eigenvalue weighted by Crippen LogP contribution is -2.40. The molecule has 0 fully saturated rings. The van der Waals surface area contributed by atoms with Gasteiger partial charge in [-0.15, -0.1) is 0 Å². The number of aryl methyl sites for hydroxylation is 1. The van der Waals surface area contributed by atoms with Crippen molar-refractivity contribution in [1.29, 1.82) is 0 Å². The Hall–Kier alpha value is -3.25. The number of aromatic nitrogens is 1. The molecule has 0 radical (unpaired) electrons. The number of ether oxygens (including phenoxy) is 1. The van der Waals surface area contributed by atoms with Gasteiger partial charge in [-0.2, -0.15) is 4.57 Å². The number of rotatable bonds is 5. The van der Waals surface area contributed by atoms with E-state index < -0.39 is 5.82 Å². The Balaban J connectivity index is 2.03. The maximum absolute atomic E-state index is 13.3. The number of hydrogen-bond acceptors (Lipinski definition) is 3. The number of pyridine rings is 1. The maximum Gasteiger partial charge on any atom is 0.238 e. The van der Waals surface area contributed by atoms with Crippen LogP contribution in [-0.4, -0.2) is 12.1 Å². The van der Waals surface area contributed by atoms with Crippen LogP contribution in [0.15, 0.2) is 73.1 Å². The number of nitrogens with one attached hydrogen (secondary N) is 1. The van der Waals surface area contributed by atoms with Crippen molar-refractivity contribution >= 4 is 34.3 Å². The number of methoxy groups -OCH3 is 1. The number of anilines is 1. The summed E-state index contributed by atoms with van der Waals surface area (Å²) in [7, 11) is 1.59. The maximum atomic E-state index is 13.3. The molecule has 2 aromatic carbocycles. The van der Waals surface area contributed by atoms with Crippen LogP contribution in [0.1, 0.15) is 11.1 Å². The summed E-state index contributed by atoms with van der Waals surface area (Å²) in [5.74, 6) is 0.0120. The molecule has 0 spiro atoms. The van der Waals surface area contributed by atoms with Crippen LogP contribution in [0.5, 0.6) is 5.75 Å². The van der Waals surface area contributed by atoms with E-state index >= 15 is 0 Å². The first kappa shape index (κ1) is 19.5. The number of thiocarbonyl (C=S) groups is 1. The number of halogens is 1. The molecule has 0 aliphatic heterocycles. The Morgan fingerprint density at radius 1 is 1.07 bits per heavy atom. The average Bonchev–Trinajstić information content (AvgIpc) is 2.69. The molecule has 1 N–H and O–H groups in total. The monoisotopic (exact) mass is 394 g/mol. The molecule has 0 bridgehead atoms. The smallest absolute Gasteiger partial charge is 0.238 e. The van der Waals surface area contributed by atoms with Gasteiger partial charge in [-0.3, -0.25) is 0 Å². The van der Waals surface area contributed by atoms with E-state index in [1.54, 1.807) is 30.0 Å². The summed E-state index contributed by atoms with van der Waals surface area (Å²) >= 11 is 5.55. The minimum absolute atomic E-state index is 0.259. The lowest BCUT2D eigenvalue weighted by molar-refractivity contribution is -0.578. The Bertz CT molecular complexity index is 1020. The summed E-state index contributed by atoms with van der Waals surface area (Å²) in [5.41, 5.74) is 2.33. The fourth-order valence-electron chi connectivity index (χ4n) is 2.67. The van der Waals surface area contributed by atoms with Crippen molar-refractivity contribution in [2.45, 2.75) is 6.92 Å². The Morgan fingerprint density at radius 3 is 2.36 bits per heavy atom.